The average molecular weight is 397 g/mol. The maximum Gasteiger partial charge on any atom is 0.416 e. The van der Waals surface area contributed by atoms with E-state index < -0.39 is 11.7 Å². The van der Waals surface area contributed by atoms with Crippen molar-refractivity contribution in [1.82, 2.24) is 9.88 Å². The Kier molecular flexibility index (Phi) is 5.86. The van der Waals surface area contributed by atoms with Gasteiger partial charge in [-0.05, 0) is 31.5 Å². The molecule has 0 saturated carbocycles. The molecule has 0 N–H and O–H groups in total. The van der Waals surface area contributed by atoms with E-state index in [4.69, 9.17) is 0 Å². The smallest absolute Gasteiger partial charge is 0.354 e. The van der Waals surface area contributed by atoms with Crippen LogP contribution >= 0.6 is 11.3 Å². The number of alkyl halides is 3. The van der Waals surface area contributed by atoms with Crippen molar-refractivity contribution in [3.8, 4) is 0 Å². The summed E-state index contributed by atoms with van der Waals surface area (Å²) in [6, 6.07) is 4.74. The van der Waals surface area contributed by atoms with Gasteiger partial charge in [0.2, 0.25) is 0 Å². The Morgan fingerprint density at radius 3 is 2.81 bits per heavy atom. The first kappa shape index (κ1) is 19.8. The minimum absolute atomic E-state index is 0.143. The number of ketones is 1. The first-order valence-corrected chi connectivity index (χ1v) is 9.61. The van der Waals surface area contributed by atoms with Crippen molar-refractivity contribution < 1.29 is 18.0 Å². The lowest BCUT2D eigenvalue weighted by molar-refractivity contribution is -0.137. The molecule has 27 heavy (non-hydrogen) atoms. The number of carbonyl (C=O) groups excluding carboxylic acids is 1. The van der Waals surface area contributed by atoms with Crippen LogP contribution in [0.1, 0.15) is 33.6 Å². The van der Waals surface area contributed by atoms with E-state index in [1.165, 1.54) is 12.1 Å². The van der Waals surface area contributed by atoms with Gasteiger partial charge in [-0.3, -0.25) is 9.69 Å². The number of Topliss-reactive ketones (excluding diaryl/α,β-unsaturated/α-hetero) is 1. The molecular formula is C19H22F3N3OS. The highest BCUT2D eigenvalue weighted by Gasteiger charge is 2.32. The van der Waals surface area contributed by atoms with E-state index >= 15 is 0 Å². The molecule has 4 nitrogen and oxygen atoms in total. The molecule has 3 rings (SSSR count). The van der Waals surface area contributed by atoms with Gasteiger partial charge in [0.15, 0.2) is 10.9 Å². The maximum absolute atomic E-state index is 12.9. The molecule has 0 radical (unpaired) electrons. The number of thiazole rings is 1. The lowest BCUT2D eigenvalue weighted by Crippen LogP contribution is -2.38. The van der Waals surface area contributed by atoms with Gasteiger partial charge in [-0.25, -0.2) is 4.98 Å². The Balaban J connectivity index is 1.67. The third-order valence-electron chi connectivity index (χ3n) is 4.65. The molecule has 2 aromatic rings. The number of hydrogen-bond donors (Lipinski definition) is 0. The van der Waals surface area contributed by atoms with E-state index in [-0.39, 0.29) is 17.3 Å². The number of carbonyl (C=O) groups is 1. The number of rotatable bonds is 5. The van der Waals surface area contributed by atoms with Crippen LogP contribution in [0.2, 0.25) is 0 Å². The molecule has 1 aromatic heterocycles. The Morgan fingerprint density at radius 1 is 1.37 bits per heavy atom. The molecule has 0 aliphatic carbocycles. The summed E-state index contributed by atoms with van der Waals surface area (Å²) in [7, 11) is 3.88. The van der Waals surface area contributed by atoms with Crippen LogP contribution < -0.4 is 4.90 Å². The third kappa shape index (κ3) is 4.87. The molecule has 2 heterocycles. The summed E-state index contributed by atoms with van der Waals surface area (Å²) >= 11 is 1.61. The topological polar surface area (TPSA) is 36.4 Å². The van der Waals surface area contributed by atoms with E-state index in [1.54, 1.807) is 11.3 Å². The largest absolute Gasteiger partial charge is 0.416 e. The zero-order valence-corrected chi connectivity index (χ0v) is 16.1. The molecular weight excluding hydrogens is 375 g/mol. The molecule has 1 aromatic carbocycles. The monoisotopic (exact) mass is 397 g/mol. The lowest BCUT2D eigenvalue weighted by atomic mass is 9.89. The predicted molar refractivity (Wildman–Crippen MR) is 100 cm³/mol. The molecule has 0 spiro atoms. The fourth-order valence-electron chi connectivity index (χ4n) is 3.30. The van der Waals surface area contributed by atoms with E-state index in [0.717, 1.165) is 35.1 Å². The molecule has 1 aliphatic heterocycles. The van der Waals surface area contributed by atoms with Crippen LogP contribution in [-0.2, 0) is 12.7 Å². The highest BCUT2D eigenvalue weighted by Crippen LogP contribution is 2.31. The van der Waals surface area contributed by atoms with Crippen molar-refractivity contribution in [3.63, 3.8) is 0 Å². The van der Waals surface area contributed by atoms with Gasteiger partial charge in [-0.1, -0.05) is 12.1 Å². The number of anilines is 1. The standard InChI is InChI=1S/C19H22F3N3OS/c1-24(2)18-23-10-16(27-18)12-25-8-4-6-14(11-25)17(26)13-5-3-7-15(9-13)19(20,21)22/h3,5,7,9-10,14H,4,6,8,11-12H2,1-2H3/t14-/m0/s1. The van der Waals surface area contributed by atoms with Crippen molar-refractivity contribution in [2.24, 2.45) is 5.92 Å². The molecule has 1 aliphatic rings. The number of benzene rings is 1. The zero-order valence-electron chi connectivity index (χ0n) is 15.3. The van der Waals surface area contributed by atoms with Gasteiger partial charge in [0.25, 0.3) is 0 Å². The summed E-state index contributed by atoms with van der Waals surface area (Å²) in [5, 5.41) is 0.929. The SMILES string of the molecule is CN(C)c1ncc(CN2CCC[C@H](C(=O)c3cccc(C(F)(F)F)c3)C2)s1. The molecule has 146 valence electrons. The van der Waals surface area contributed by atoms with Crippen LogP contribution in [0, 0.1) is 5.92 Å². The summed E-state index contributed by atoms with van der Waals surface area (Å²) in [5.74, 6) is -0.479. The summed E-state index contributed by atoms with van der Waals surface area (Å²) < 4.78 is 38.7. The summed E-state index contributed by atoms with van der Waals surface area (Å²) in [5.41, 5.74) is -0.633. The third-order valence-corrected chi connectivity index (χ3v) is 5.80. The van der Waals surface area contributed by atoms with Crippen molar-refractivity contribution >= 4 is 22.3 Å². The van der Waals surface area contributed by atoms with Crippen LogP contribution in [0.15, 0.2) is 30.5 Å². The first-order valence-electron chi connectivity index (χ1n) is 8.80. The highest BCUT2D eigenvalue weighted by molar-refractivity contribution is 7.15. The van der Waals surface area contributed by atoms with Gasteiger partial charge in [-0.2, -0.15) is 13.2 Å². The van der Waals surface area contributed by atoms with E-state index in [0.29, 0.717) is 19.5 Å². The van der Waals surface area contributed by atoms with E-state index in [9.17, 15) is 18.0 Å². The molecule has 1 saturated heterocycles. The molecule has 0 amide bonds. The van der Waals surface area contributed by atoms with Crippen molar-refractivity contribution in [1.29, 1.82) is 0 Å². The molecule has 1 atom stereocenters. The van der Waals surface area contributed by atoms with Crippen LogP contribution in [0.3, 0.4) is 0 Å². The second-order valence-electron chi connectivity index (χ2n) is 7.02. The van der Waals surface area contributed by atoms with E-state index in [1.807, 2.05) is 25.2 Å². The fraction of sp³-hybridized carbons (Fsp3) is 0.474. The first-order chi connectivity index (χ1) is 12.7. The molecule has 1 fully saturated rings. The minimum atomic E-state index is -4.44. The number of hydrogen-bond acceptors (Lipinski definition) is 5. The minimum Gasteiger partial charge on any atom is -0.354 e. The van der Waals surface area contributed by atoms with Crippen LogP contribution in [0.4, 0.5) is 18.3 Å². The van der Waals surface area contributed by atoms with Crippen LogP contribution in [0.5, 0.6) is 0 Å². The number of aromatic nitrogens is 1. The zero-order chi connectivity index (χ0) is 19.6. The summed E-state index contributed by atoms with van der Waals surface area (Å²) in [6.07, 6.45) is -1.03. The van der Waals surface area contributed by atoms with E-state index in [2.05, 4.69) is 9.88 Å². The van der Waals surface area contributed by atoms with Crippen molar-refractivity contribution in [2.75, 3.05) is 32.1 Å². The lowest BCUT2D eigenvalue weighted by Gasteiger charge is -2.31. The fourth-order valence-corrected chi connectivity index (χ4v) is 4.17. The quantitative estimate of drug-likeness (QED) is 0.704. The Morgan fingerprint density at radius 2 is 2.15 bits per heavy atom. The van der Waals surface area contributed by atoms with Crippen molar-refractivity contribution in [3.05, 3.63) is 46.5 Å². The number of piperidine rings is 1. The molecule has 0 bridgehead atoms. The van der Waals surface area contributed by atoms with Gasteiger partial charge in [-0.15, -0.1) is 11.3 Å². The van der Waals surface area contributed by atoms with Gasteiger partial charge < -0.3 is 4.90 Å². The molecule has 8 heteroatoms. The van der Waals surface area contributed by atoms with Crippen molar-refractivity contribution in [2.45, 2.75) is 25.6 Å². The van der Waals surface area contributed by atoms with Gasteiger partial charge in [0.1, 0.15) is 0 Å². The van der Waals surface area contributed by atoms with Crippen LogP contribution in [-0.4, -0.2) is 42.9 Å². The predicted octanol–water partition coefficient (Wildman–Crippen LogP) is 4.32. The van der Waals surface area contributed by atoms with Gasteiger partial charge in [0, 0.05) is 49.7 Å². The number of halogens is 3. The Hall–Kier alpha value is -1.93. The summed E-state index contributed by atoms with van der Waals surface area (Å²) in [6.45, 7) is 2.14. The second-order valence-corrected chi connectivity index (χ2v) is 8.11. The average Bonchev–Trinajstić information content (AvgIpc) is 3.09. The second kappa shape index (κ2) is 7.98. The Labute approximate surface area is 160 Å². The maximum atomic E-state index is 12.9. The normalized spacial score (nSPS) is 18.5. The number of nitrogens with zero attached hydrogens (tertiary/aromatic N) is 3. The van der Waals surface area contributed by atoms with Gasteiger partial charge in [0.05, 0.1) is 5.56 Å². The van der Waals surface area contributed by atoms with Gasteiger partial charge >= 0.3 is 6.18 Å². The number of likely N-dealkylation sites (tertiary alicyclic amines) is 1. The summed E-state index contributed by atoms with van der Waals surface area (Å²) in [4.78, 5) is 22.4. The molecule has 0 unspecified atom stereocenters. The van der Waals surface area contributed by atoms with Crippen LogP contribution in [0.25, 0.3) is 0 Å². The Bertz CT molecular complexity index is 803. The highest BCUT2D eigenvalue weighted by atomic mass is 32.1.